The van der Waals surface area contributed by atoms with E-state index in [0.29, 0.717) is 32.5 Å². The van der Waals surface area contributed by atoms with Crippen LogP contribution in [0.5, 0.6) is 0 Å². The van der Waals surface area contributed by atoms with Crippen molar-refractivity contribution in [2.24, 2.45) is 11.8 Å². The van der Waals surface area contributed by atoms with E-state index in [0.717, 1.165) is 17.5 Å². The Morgan fingerprint density at radius 1 is 1.00 bits per heavy atom. The van der Waals surface area contributed by atoms with Crippen molar-refractivity contribution in [1.29, 1.82) is 0 Å². The lowest BCUT2D eigenvalue weighted by Crippen LogP contribution is -2.59. The lowest BCUT2D eigenvalue weighted by atomic mass is 9.66. The molecule has 3 saturated heterocycles. The molecule has 234 valence electrons. The molecule has 2 aromatic rings. The number of carbonyl (C=O) groups excluding carboxylic acids is 3. The van der Waals surface area contributed by atoms with Gasteiger partial charge in [0.05, 0.1) is 29.2 Å². The first-order valence-corrected chi connectivity index (χ1v) is 16.5. The Morgan fingerprint density at radius 3 is 2.18 bits per heavy atom. The van der Waals surface area contributed by atoms with Gasteiger partial charge in [-0.3, -0.25) is 14.4 Å². The van der Waals surface area contributed by atoms with Crippen LogP contribution in [0, 0.1) is 11.8 Å². The topological polar surface area (TPSA) is 81.2 Å². The summed E-state index contributed by atoms with van der Waals surface area (Å²) < 4.78 is -1.26. The van der Waals surface area contributed by atoms with Crippen LogP contribution in [0.15, 0.2) is 86.0 Å². The van der Waals surface area contributed by atoms with E-state index in [2.05, 4.69) is 20.1 Å². The number of rotatable bonds is 13. The first-order chi connectivity index (χ1) is 21.1. The fourth-order valence-corrected chi connectivity index (χ4v) is 10.1. The Balaban J connectivity index is 1.59. The van der Waals surface area contributed by atoms with E-state index in [1.807, 2.05) is 74.5 Å². The number of hydrogen-bond acceptors (Lipinski definition) is 5. The van der Waals surface area contributed by atoms with Gasteiger partial charge >= 0.3 is 0 Å². The van der Waals surface area contributed by atoms with Crippen molar-refractivity contribution in [2.75, 3.05) is 19.7 Å². The molecule has 0 aromatic heterocycles. The molecule has 3 fully saturated rings. The summed E-state index contributed by atoms with van der Waals surface area (Å²) in [7, 11) is 0. The van der Waals surface area contributed by atoms with E-state index in [-0.39, 0.29) is 30.4 Å². The second-order valence-electron chi connectivity index (χ2n) is 12.9. The van der Waals surface area contributed by atoms with Crippen LogP contribution < -0.4 is 0 Å². The summed E-state index contributed by atoms with van der Waals surface area (Å²) in [6, 6.07) is 18.1. The molecular formula is C36H45N3O4S. The maximum atomic E-state index is 14.8. The minimum atomic E-state index is -0.796. The van der Waals surface area contributed by atoms with Gasteiger partial charge in [0.25, 0.3) is 0 Å². The van der Waals surface area contributed by atoms with E-state index < -0.39 is 33.4 Å². The van der Waals surface area contributed by atoms with Gasteiger partial charge in [0.1, 0.15) is 6.04 Å². The third-order valence-electron chi connectivity index (χ3n) is 9.74. The second kappa shape index (κ2) is 12.9. The summed E-state index contributed by atoms with van der Waals surface area (Å²) in [6.07, 6.45) is 5.24. The monoisotopic (exact) mass is 615 g/mol. The fraction of sp³-hybridized carbons (Fsp3) is 0.472. The molecule has 6 atom stereocenters. The van der Waals surface area contributed by atoms with Gasteiger partial charge in [-0.15, -0.1) is 24.9 Å². The summed E-state index contributed by atoms with van der Waals surface area (Å²) >= 11 is 1.66. The van der Waals surface area contributed by atoms with Crippen LogP contribution in [0.1, 0.15) is 44.7 Å². The van der Waals surface area contributed by atoms with E-state index in [9.17, 15) is 19.5 Å². The minimum absolute atomic E-state index is 0.0767. The van der Waals surface area contributed by atoms with E-state index in [4.69, 9.17) is 0 Å². The van der Waals surface area contributed by atoms with Crippen molar-refractivity contribution in [2.45, 2.75) is 74.2 Å². The van der Waals surface area contributed by atoms with Crippen molar-refractivity contribution in [3.8, 4) is 0 Å². The highest BCUT2D eigenvalue weighted by Crippen LogP contribution is 2.72. The Bertz CT molecular complexity index is 1380. The van der Waals surface area contributed by atoms with Gasteiger partial charge in [-0.1, -0.05) is 72.8 Å². The number of likely N-dealkylation sites (tertiary alicyclic amines) is 1. The number of aliphatic hydroxyl groups is 1. The zero-order valence-corrected chi connectivity index (χ0v) is 26.9. The van der Waals surface area contributed by atoms with Crippen LogP contribution in [0.25, 0.3) is 0 Å². The van der Waals surface area contributed by atoms with Crippen LogP contribution in [0.3, 0.4) is 0 Å². The van der Waals surface area contributed by atoms with Crippen molar-refractivity contribution in [3.63, 3.8) is 0 Å². The number of nitrogens with zero attached hydrogens (tertiary/aromatic N) is 3. The minimum Gasteiger partial charge on any atom is -0.394 e. The standard InChI is InChI=1S/C36H45N3O4S/c1-6-20-37(23-27-16-12-9-13-17-27)32(41)29-30-33(42)39(28(24-40)22-26-14-10-8-11-15-26)31(34(43)38(21-7-2)25(3)4)36(30)19-18-35(29,5)44-36/h6-17,25,28-31,40H,1-2,18-24H2,3-5H3/t28-,29+,30+,31?,35-,36?/m1/s1. The quantitative estimate of drug-likeness (QED) is 0.330. The number of aliphatic hydroxyl groups excluding tert-OH is 1. The van der Waals surface area contributed by atoms with Gasteiger partial charge in [-0.2, -0.15) is 0 Å². The van der Waals surface area contributed by atoms with Crippen LogP contribution in [0.4, 0.5) is 0 Å². The summed E-state index contributed by atoms with van der Waals surface area (Å²) in [5, 5.41) is 10.8. The van der Waals surface area contributed by atoms with Crippen molar-refractivity contribution in [1.82, 2.24) is 14.7 Å². The molecule has 0 radical (unpaired) electrons. The maximum Gasteiger partial charge on any atom is 0.247 e. The largest absolute Gasteiger partial charge is 0.394 e. The average Bonchev–Trinajstić information content (AvgIpc) is 3.59. The van der Waals surface area contributed by atoms with E-state index >= 15 is 0 Å². The highest BCUT2D eigenvalue weighted by molar-refractivity contribution is 8.02. The molecule has 2 unspecified atom stereocenters. The highest BCUT2D eigenvalue weighted by Gasteiger charge is 2.78. The number of benzene rings is 2. The number of carbonyl (C=O) groups is 3. The number of hydrogen-bond donors (Lipinski definition) is 1. The van der Waals surface area contributed by atoms with Gasteiger partial charge in [0.15, 0.2) is 0 Å². The molecule has 8 heteroatoms. The Labute approximate surface area is 266 Å². The molecule has 2 aromatic carbocycles. The molecule has 3 heterocycles. The molecule has 7 nitrogen and oxygen atoms in total. The van der Waals surface area contributed by atoms with E-state index in [1.54, 1.807) is 38.6 Å². The van der Waals surface area contributed by atoms with Crippen molar-refractivity contribution < 1.29 is 19.5 Å². The number of amides is 3. The number of fused-ring (bicyclic) bond motifs is 1. The zero-order valence-electron chi connectivity index (χ0n) is 26.1. The molecule has 5 rings (SSSR count). The molecule has 2 bridgehead atoms. The lowest BCUT2D eigenvalue weighted by Gasteiger charge is -2.40. The predicted octanol–water partition coefficient (Wildman–Crippen LogP) is 4.71. The second-order valence-corrected chi connectivity index (χ2v) is 14.8. The Morgan fingerprint density at radius 2 is 1.61 bits per heavy atom. The smallest absolute Gasteiger partial charge is 0.247 e. The third-order valence-corrected chi connectivity index (χ3v) is 11.7. The summed E-state index contributed by atoms with van der Waals surface area (Å²) in [6.45, 7) is 14.7. The molecule has 0 saturated carbocycles. The molecule has 3 amide bonds. The SMILES string of the molecule is C=CCN(Cc1ccccc1)C(=O)[C@@H]1[C@H]2C(=O)N([C@@H](CO)Cc3ccccc3)C(C(=O)N(CC=C)C(C)C)C23CC[C@@]1(C)S3. The number of thioether (sulfide) groups is 1. The summed E-state index contributed by atoms with van der Waals surface area (Å²) in [5.74, 6) is -1.68. The summed E-state index contributed by atoms with van der Waals surface area (Å²) in [4.78, 5) is 49.4. The van der Waals surface area contributed by atoms with Gasteiger partial charge in [0, 0.05) is 30.4 Å². The van der Waals surface area contributed by atoms with Gasteiger partial charge in [0.2, 0.25) is 17.7 Å². The zero-order chi connectivity index (χ0) is 31.6. The normalized spacial score (nSPS) is 27.7. The van der Waals surface area contributed by atoms with Gasteiger partial charge < -0.3 is 19.8 Å². The van der Waals surface area contributed by atoms with Gasteiger partial charge in [-0.05, 0) is 51.2 Å². The van der Waals surface area contributed by atoms with Crippen molar-refractivity contribution in [3.05, 3.63) is 97.1 Å². The molecule has 1 spiro atoms. The lowest BCUT2D eigenvalue weighted by molar-refractivity contribution is -0.148. The molecule has 3 aliphatic rings. The molecular weight excluding hydrogens is 570 g/mol. The average molecular weight is 616 g/mol. The molecule has 3 aliphatic heterocycles. The first-order valence-electron chi connectivity index (χ1n) is 15.6. The molecule has 1 N–H and O–H groups in total. The fourth-order valence-electron chi connectivity index (χ4n) is 7.79. The highest BCUT2D eigenvalue weighted by atomic mass is 32.2. The molecule has 0 aliphatic carbocycles. The molecule has 44 heavy (non-hydrogen) atoms. The van der Waals surface area contributed by atoms with Crippen LogP contribution in [0.2, 0.25) is 0 Å². The van der Waals surface area contributed by atoms with Crippen molar-refractivity contribution >= 4 is 29.5 Å². The predicted molar refractivity (Wildman–Crippen MR) is 176 cm³/mol. The summed E-state index contributed by atoms with van der Waals surface area (Å²) in [5.41, 5.74) is 1.98. The van der Waals surface area contributed by atoms with Crippen LogP contribution in [-0.4, -0.2) is 84.8 Å². The third kappa shape index (κ3) is 5.51. The van der Waals surface area contributed by atoms with E-state index in [1.165, 1.54) is 0 Å². The first kappa shape index (κ1) is 32.0. The Hall–Kier alpha value is -3.36. The van der Waals surface area contributed by atoms with Gasteiger partial charge in [-0.25, -0.2) is 0 Å². The maximum absolute atomic E-state index is 14.8. The Kier molecular flexibility index (Phi) is 9.42. The van der Waals surface area contributed by atoms with Crippen LogP contribution >= 0.6 is 11.8 Å². The van der Waals surface area contributed by atoms with Crippen LogP contribution in [-0.2, 0) is 27.3 Å².